The van der Waals surface area contributed by atoms with Crippen LogP contribution in [0.1, 0.15) is 10.4 Å². The predicted octanol–water partition coefficient (Wildman–Crippen LogP) is 3.92. The molecule has 0 amide bonds. The highest BCUT2D eigenvalue weighted by Gasteiger charge is 2.01. The molecule has 0 saturated heterocycles. The van der Waals surface area contributed by atoms with Crippen LogP contribution < -0.4 is 5.32 Å². The Morgan fingerprint density at radius 2 is 2.00 bits per heavy atom. The summed E-state index contributed by atoms with van der Waals surface area (Å²) >= 11 is 7.53. The standard InChI is InChI=1S/C16H16ClN3S/c17-16-7-6-15(21-16)11-18-9-8-13-10-19-20(12-13)14-4-2-1-3-5-14/h1-7,10,12,18H,8-9,11H2. The van der Waals surface area contributed by atoms with E-state index in [1.807, 2.05) is 35.1 Å². The van der Waals surface area contributed by atoms with Crippen molar-refractivity contribution in [1.29, 1.82) is 0 Å². The minimum atomic E-state index is 0.843. The molecule has 3 nitrogen and oxygen atoms in total. The first kappa shape index (κ1) is 14.3. The first-order valence-corrected chi connectivity index (χ1v) is 8.04. The summed E-state index contributed by atoms with van der Waals surface area (Å²) in [6.07, 6.45) is 4.97. The molecule has 3 aromatic rings. The van der Waals surface area contributed by atoms with Crippen molar-refractivity contribution in [3.05, 3.63) is 69.6 Å². The van der Waals surface area contributed by atoms with Crippen LogP contribution in [0.4, 0.5) is 0 Å². The summed E-state index contributed by atoms with van der Waals surface area (Å²) in [5.74, 6) is 0. The van der Waals surface area contributed by atoms with Crippen molar-refractivity contribution in [2.24, 2.45) is 0 Å². The van der Waals surface area contributed by atoms with Crippen LogP contribution in [-0.4, -0.2) is 16.3 Å². The van der Waals surface area contributed by atoms with Gasteiger partial charge in [-0.05, 0) is 42.8 Å². The minimum Gasteiger partial charge on any atom is -0.312 e. The summed E-state index contributed by atoms with van der Waals surface area (Å²) in [6.45, 7) is 1.79. The van der Waals surface area contributed by atoms with E-state index in [4.69, 9.17) is 11.6 Å². The molecule has 0 unspecified atom stereocenters. The number of hydrogen-bond acceptors (Lipinski definition) is 3. The van der Waals surface area contributed by atoms with Crippen molar-refractivity contribution in [1.82, 2.24) is 15.1 Å². The first-order chi connectivity index (χ1) is 10.3. The number of benzene rings is 1. The zero-order chi connectivity index (χ0) is 14.5. The van der Waals surface area contributed by atoms with Gasteiger partial charge in [0, 0.05) is 17.6 Å². The van der Waals surface area contributed by atoms with Crippen LogP contribution in [-0.2, 0) is 13.0 Å². The first-order valence-electron chi connectivity index (χ1n) is 6.85. The van der Waals surface area contributed by atoms with Gasteiger partial charge >= 0.3 is 0 Å². The average Bonchev–Trinajstić information content (AvgIpc) is 3.14. The third-order valence-electron chi connectivity index (χ3n) is 3.18. The second-order valence-corrected chi connectivity index (χ2v) is 6.56. The molecular formula is C16H16ClN3S. The fourth-order valence-corrected chi connectivity index (χ4v) is 3.16. The molecular weight excluding hydrogens is 302 g/mol. The molecule has 2 aromatic heterocycles. The molecule has 1 aromatic carbocycles. The van der Waals surface area contributed by atoms with Crippen LogP contribution in [0, 0.1) is 0 Å². The number of rotatable bonds is 6. The summed E-state index contributed by atoms with van der Waals surface area (Å²) in [7, 11) is 0. The fraction of sp³-hybridized carbons (Fsp3) is 0.188. The van der Waals surface area contributed by atoms with Crippen LogP contribution in [0.5, 0.6) is 0 Å². The van der Waals surface area contributed by atoms with Gasteiger partial charge in [0.25, 0.3) is 0 Å². The molecule has 0 fully saturated rings. The van der Waals surface area contributed by atoms with E-state index in [2.05, 4.69) is 34.8 Å². The number of nitrogens with one attached hydrogen (secondary N) is 1. The molecule has 0 bridgehead atoms. The van der Waals surface area contributed by atoms with Gasteiger partial charge in [0.15, 0.2) is 0 Å². The molecule has 1 N–H and O–H groups in total. The van der Waals surface area contributed by atoms with E-state index in [1.54, 1.807) is 11.3 Å². The Morgan fingerprint density at radius 1 is 1.14 bits per heavy atom. The summed E-state index contributed by atoms with van der Waals surface area (Å²) in [6, 6.07) is 14.1. The summed E-state index contributed by atoms with van der Waals surface area (Å²) in [4.78, 5) is 1.26. The molecule has 2 heterocycles. The van der Waals surface area contributed by atoms with E-state index in [0.29, 0.717) is 0 Å². The van der Waals surface area contributed by atoms with Crippen molar-refractivity contribution in [3.63, 3.8) is 0 Å². The predicted molar refractivity (Wildman–Crippen MR) is 88.3 cm³/mol. The van der Waals surface area contributed by atoms with E-state index in [1.165, 1.54) is 10.4 Å². The second kappa shape index (κ2) is 6.89. The highest BCUT2D eigenvalue weighted by Crippen LogP contribution is 2.20. The number of para-hydroxylation sites is 1. The number of nitrogens with zero attached hydrogens (tertiary/aromatic N) is 2. The maximum Gasteiger partial charge on any atom is 0.0931 e. The van der Waals surface area contributed by atoms with E-state index >= 15 is 0 Å². The lowest BCUT2D eigenvalue weighted by atomic mass is 10.2. The highest BCUT2D eigenvalue weighted by molar-refractivity contribution is 7.16. The SMILES string of the molecule is Clc1ccc(CNCCc2cnn(-c3ccccc3)c2)s1. The lowest BCUT2D eigenvalue weighted by Crippen LogP contribution is -2.15. The smallest absolute Gasteiger partial charge is 0.0931 e. The lowest BCUT2D eigenvalue weighted by molar-refractivity contribution is 0.693. The third kappa shape index (κ3) is 3.94. The van der Waals surface area contributed by atoms with Crippen molar-refractivity contribution >= 4 is 22.9 Å². The van der Waals surface area contributed by atoms with Gasteiger partial charge in [0.1, 0.15) is 0 Å². The van der Waals surface area contributed by atoms with Gasteiger partial charge in [-0.1, -0.05) is 29.8 Å². The summed E-state index contributed by atoms with van der Waals surface area (Å²) in [5, 5.41) is 7.83. The molecule has 3 rings (SSSR count). The number of aromatic nitrogens is 2. The highest BCUT2D eigenvalue weighted by atomic mass is 35.5. The van der Waals surface area contributed by atoms with Gasteiger partial charge < -0.3 is 5.32 Å². The van der Waals surface area contributed by atoms with Crippen molar-refractivity contribution in [2.45, 2.75) is 13.0 Å². The zero-order valence-corrected chi connectivity index (χ0v) is 13.1. The molecule has 21 heavy (non-hydrogen) atoms. The summed E-state index contributed by atoms with van der Waals surface area (Å²) < 4.78 is 2.75. The Hall–Kier alpha value is -1.62. The van der Waals surface area contributed by atoms with E-state index in [-0.39, 0.29) is 0 Å². The second-order valence-electron chi connectivity index (χ2n) is 4.76. The van der Waals surface area contributed by atoms with E-state index in [0.717, 1.165) is 29.5 Å². The lowest BCUT2D eigenvalue weighted by Gasteiger charge is -2.01. The van der Waals surface area contributed by atoms with Gasteiger partial charge in [-0.3, -0.25) is 0 Å². The van der Waals surface area contributed by atoms with Crippen LogP contribution in [0.15, 0.2) is 54.9 Å². The van der Waals surface area contributed by atoms with Gasteiger partial charge in [-0.15, -0.1) is 11.3 Å². The fourth-order valence-electron chi connectivity index (χ4n) is 2.10. The Morgan fingerprint density at radius 3 is 2.76 bits per heavy atom. The van der Waals surface area contributed by atoms with Gasteiger partial charge in [0.05, 0.1) is 16.2 Å². The monoisotopic (exact) mass is 317 g/mol. The topological polar surface area (TPSA) is 29.9 Å². The van der Waals surface area contributed by atoms with Gasteiger partial charge in [-0.25, -0.2) is 4.68 Å². The minimum absolute atomic E-state index is 0.843. The molecule has 0 aliphatic rings. The molecule has 0 aliphatic carbocycles. The zero-order valence-electron chi connectivity index (χ0n) is 11.5. The molecule has 0 aliphatic heterocycles. The molecule has 108 valence electrons. The maximum atomic E-state index is 5.91. The Balaban J connectivity index is 1.49. The summed E-state index contributed by atoms with van der Waals surface area (Å²) in [5.41, 5.74) is 2.32. The molecule has 0 radical (unpaired) electrons. The van der Waals surface area contributed by atoms with E-state index < -0.39 is 0 Å². The number of halogens is 1. The third-order valence-corrected chi connectivity index (χ3v) is 4.41. The normalized spacial score (nSPS) is 10.9. The van der Waals surface area contributed by atoms with Crippen molar-refractivity contribution < 1.29 is 0 Å². The van der Waals surface area contributed by atoms with Gasteiger partial charge in [0.2, 0.25) is 0 Å². The molecule has 0 spiro atoms. The van der Waals surface area contributed by atoms with E-state index in [9.17, 15) is 0 Å². The van der Waals surface area contributed by atoms with Crippen LogP contribution in [0.2, 0.25) is 4.34 Å². The number of hydrogen-bond donors (Lipinski definition) is 1. The van der Waals surface area contributed by atoms with Crippen LogP contribution in [0.25, 0.3) is 5.69 Å². The largest absolute Gasteiger partial charge is 0.312 e. The van der Waals surface area contributed by atoms with Crippen molar-refractivity contribution in [3.8, 4) is 5.69 Å². The Labute approximate surface area is 133 Å². The number of thiophene rings is 1. The van der Waals surface area contributed by atoms with Crippen LogP contribution >= 0.6 is 22.9 Å². The van der Waals surface area contributed by atoms with Crippen molar-refractivity contribution in [2.75, 3.05) is 6.54 Å². The molecule has 0 atom stereocenters. The maximum absolute atomic E-state index is 5.91. The van der Waals surface area contributed by atoms with Crippen LogP contribution in [0.3, 0.4) is 0 Å². The molecule has 0 saturated carbocycles. The quantitative estimate of drug-likeness (QED) is 0.698. The van der Waals surface area contributed by atoms with Gasteiger partial charge in [-0.2, -0.15) is 5.10 Å². The molecule has 5 heteroatoms. The Bertz CT molecular complexity index is 690. The Kier molecular flexibility index (Phi) is 4.70. The average molecular weight is 318 g/mol.